The second-order valence-corrected chi connectivity index (χ2v) is 6.89. The minimum absolute atomic E-state index is 0.0154. The van der Waals surface area contributed by atoms with Gasteiger partial charge in [-0.15, -0.1) is 0 Å². The summed E-state index contributed by atoms with van der Waals surface area (Å²) in [7, 11) is 1.48. The van der Waals surface area contributed by atoms with Gasteiger partial charge in [0.2, 0.25) is 0 Å². The van der Waals surface area contributed by atoms with Crippen molar-refractivity contribution in [3.05, 3.63) is 58.6 Å². The van der Waals surface area contributed by atoms with Crippen LogP contribution in [0.3, 0.4) is 0 Å². The van der Waals surface area contributed by atoms with E-state index >= 15 is 0 Å². The van der Waals surface area contributed by atoms with Gasteiger partial charge >= 0.3 is 0 Å². The third kappa shape index (κ3) is 4.34. The molecule has 0 aliphatic carbocycles. The van der Waals surface area contributed by atoms with Crippen LogP contribution < -0.4 is 15.8 Å². The van der Waals surface area contributed by atoms with E-state index in [2.05, 4.69) is 5.32 Å². The number of anilines is 1. The summed E-state index contributed by atoms with van der Waals surface area (Å²) in [5, 5.41) is 3.31. The van der Waals surface area contributed by atoms with Crippen LogP contribution >= 0.6 is 11.6 Å². The number of amides is 2. The van der Waals surface area contributed by atoms with Crippen molar-refractivity contribution in [3.8, 4) is 5.75 Å². The molecule has 7 heteroatoms. The number of carbonyl (C=O) groups is 2. The number of methoxy groups -OCH3 is 1. The Balaban J connectivity index is 1.60. The van der Waals surface area contributed by atoms with Gasteiger partial charge in [0.05, 0.1) is 23.4 Å². The second kappa shape index (κ2) is 8.31. The minimum atomic E-state index is -0.262. The summed E-state index contributed by atoms with van der Waals surface area (Å²) in [6.45, 7) is 1.19. The standard InChI is InChI=1S/C20H22ClN3O3/c1-27-18-12-17(22)16(21)11-15(18)19(25)23-14-7-9-24(10-8-14)20(26)13-5-3-2-4-6-13/h2-6,11-12,14H,7-10,22H2,1H3,(H,23,25). The van der Waals surface area contributed by atoms with Gasteiger partial charge in [0.15, 0.2) is 0 Å². The average molecular weight is 388 g/mol. The van der Waals surface area contributed by atoms with Crippen molar-refractivity contribution in [1.29, 1.82) is 0 Å². The molecule has 1 fully saturated rings. The molecule has 1 saturated heterocycles. The normalized spacial score (nSPS) is 14.7. The van der Waals surface area contributed by atoms with Gasteiger partial charge in [0, 0.05) is 30.8 Å². The predicted octanol–water partition coefficient (Wildman–Crippen LogP) is 2.97. The van der Waals surface area contributed by atoms with Crippen LogP contribution in [0.2, 0.25) is 5.02 Å². The molecule has 1 heterocycles. The number of carbonyl (C=O) groups excluding carboxylic acids is 2. The molecule has 0 bridgehead atoms. The van der Waals surface area contributed by atoms with Crippen LogP contribution in [0.5, 0.6) is 5.75 Å². The van der Waals surface area contributed by atoms with Crippen LogP contribution in [0.4, 0.5) is 5.69 Å². The molecule has 3 N–H and O–H groups in total. The molecule has 0 spiro atoms. The highest BCUT2D eigenvalue weighted by molar-refractivity contribution is 6.33. The zero-order valence-electron chi connectivity index (χ0n) is 15.1. The Hall–Kier alpha value is -2.73. The van der Waals surface area contributed by atoms with Gasteiger partial charge in [-0.1, -0.05) is 29.8 Å². The van der Waals surface area contributed by atoms with Crippen LogP contribution in [-0.4, -0.2) is 43.0 Å². The lowest BCUT2D eigenvalue weighted by Crippen LogP contribution is -2.46. The fourth-order valence-electron chi connectivity index (χ4n) is 3.17. The molecule has 6 nitrogen and oxygen atoms in total. The number of hydrogen-bond donors (Lipinski definition) is 2. The van der Waals surface area contributed by atoms with Crippen molar-refractivity contribution in [3.63, 3.8) is 0 Å². The number of likely N-dealkylation sites (tertiary alicyclic amines) is 1. The summed E-state index contributed by atoms with van der Waals surface area (Å²) in [6, 6.07) is 12.3. The smallest absolute Gasteiger partial charge is 0.255 e. The van der Waals surface area contributed by atoms with E-state index in [1.54, 1.807) is 6.07 Å². The first-order valence-corrected chi connectivity index (χ1v) is 9.15. The Morgan fingerprint density at radius 2 is 1.85 bits per heavy atom. The number of ether oxygens (including phenoxy) is 1. The molecule has 1 aliphatic rings. The second-order valence-electron chi connectivity index (χ2n) is 6.48. The topological polar surface area (TPSA) is 84.7 Å². The van der Waals surface area contributed by atoms with E-state index in [0.29, 0.717) is 53.5 Å². The summed E-state index contributed by atoms with van der Waals surface area (Å²) < 4.78 is 5.24. The van der Waals surface area contributed by atoms with E-state index < -0.39 is 0 Å². The van der Waals surface area contributed by atoms with E-state index in [0.717, 1.165) is 0 Å². The summed E-state index contributed by atoms with van der Waals surface area (Å²) in [6.07, 6.45) is 1.38. The van der Waals surface area contributed by atoms with Crippen molar-refractivity contribution < 1.29 is 14.3 Å². The van der Waals surface area contributed by atoms with Crippen molar-refractivity contribution in [1.82, 2.24) is 10.2 Å². The van der Waals surface area contributed by atoms with E-state index in [1.165, 1.54) is 13.2 Å². The monoisotopic (exact) mass is 387 g/mol. The number of nitrogen functional groups attached to an aromatic ring is 1. The number of nitrogens with two attached hydrogens (primary N) is 1. The zero-order chi connectivity index (χ0) is 19.4. The molecule has 0 atom stereocenters. The summed E-state index contributed by atoms with van der Waals surface area (Å²) >= 11 is 6.04. The maximum atomic E-state index is 12.6. The zero-order valence-corrected chi connectivity index (χ0v) is 15.8. The molecule has 0 radical (unpaired) electrons. The van der Waals surface area contributed by atoms with E-state index in [-0.39, 0.29) is 17.9 Å². The molecule has 1 aliphatic heterocycles. The molecule has 0 aromatic heterocycles. The first-order valence-electron chi connectivity index (χ1n) is 8.77. The first-order chi connectivity index (χ1) is 13.0. The number of benzene rings is 2. The fourth-order valence-corrected chi connectivity index (χ4v) is 3.33. The predicted molar refractivity (Wildman–Crippen MR) is 105 cm³/mol. The van der Waals surface area contributed by atoms with E-state index in [9.17, 15) is 9.59 Å². The van der Waals surface area contributed by atoms with Crippen LogP contribution in [0, 0.1) is 0 Å². The van der Waals surface area contributed by atoms with Crippen molar-refractivity contribution in [2.45, 2.75) is 18.9 Å². The molecular formula is C20H22ClN3O3. The number of nitrogens with one attached hydrogen (secondary N) is 1. The van der Waals surface area contributed by atoms with E-state index in [1.807, 2.05) is 35.2 Å². The molecule has 0 unspecified atom stereocenters. The van der Waals surface area contributed by atoms with Crippen LogP contribution in [0.1, 0.15) is 33.6 Å². The van der Waals surface area contributed by atoms with Crippen LogP contribution in [0.15, 0.2) is 42.5 Å². The minimum Gasteiger partial charge on any atom is -0.496 e. The maximum Gasteiger partial charge on any atom is 0.255 e. The lowest BCUT2D eigenvalue weighted by atomic mass is 10.0. The first kappa shape index (κ1) is 19.0. The molecule has 3 rings (SSSR count). The maximum absolute atomic E-state index is 12.6. The molecule has 2 aromatic rings. The van der Waals surface area contributed by atoms with Crippen LogP contribution in [-0.2, 0) is 0 Å². The Morgan fingerprint density at radius 3 is 2.48 bits per heavy atom. The number of halogens is 1. The summed E-state index contributed by atoms with van der Waals surface area (Å²) in [5.74, 6) is 0.139. The number of nitrogens with zero attached hydrogens (tertiary/aromatic N) is 1. The quantitative estimate of drug-likeness (QED) is 0.790. The highest BCUT2D eigenvalue weighted by Gasteiger charge is 2.25. The highest BCUT2D eigenvalue weighted by atomic mass is 35.5. The lowest BCUT2D eigenvalue weighted by molar-refractivity contribution is 0.0698. The van der Waals surface area contributed by atoms with Crippen LogP contribution in [0.25, 0.3) is 0 Å². The van der Waals surface area contributed by atoms with Gasteiger partial charge in [-0.25, -0.2) is 0 Å². The van der Waals surface area contributed by atoms with Crippen molar-refractivity contribution in [2.75, 3.05) is 25.9 Å². The van der Waals surface area contributed by atoms with Gasteiger partial charge in [0.1, 0.15) is 5.75 Å². The average Bonchev–Trinajstić information content (AvgIpc) is 2.70. The molecule has 27 heavy (non-hydrogen) atoms. The molecule has 2 amide bonds. The number of hydrogen-bond acceptors (Lipinski definition) is 4. The van der Waals surface area contributed by atoms with Gasteiger partial charge in [-0.2, -0.15) is 0 Å². The van der Waals surface area contributed by atoms with Gasteiger partial charge in [-0.3, -0.25) is 9.59 Å². The number of rotatable bonds is 4. The summed E-state index contributed by atoms with van der Waals surface area (Å²) in [4.78, 5) is 26.9. The van der Waals surface area contributed by atoms with Gasteiger partial charge < -0.3 is 20.7 Å². The Kier molecular flexibility index (Phi) is 5.86. The Morgan fingerprint density at radius 1 is 1.19 bits per heavy atom. The Bertz CT molecular complexity index is 834. The molecule has 142 valence electrons. The molecular weight excluding hydrogens is 366 g/mol. The fraction of sp³-hybridized carbons (Fsp3) is 0.300. The number of piperidine rings is 1. The van der Waals surface area contributed by atoms with E-state index in [4.69, 9.17) is 22.1 Å². The third-order valence-electron chi connectivity index (χ3n) is 4.70. The van der Waals surface area contributed by atoms with Gasteiger partial charge in [-0.05, 0) is 31.0 Å². The van der Waals surface area contributed by atoms with Crippen molar-refractivity contribution in [2.24, 2.45) is 0 Å². The lowest BCUT2D eigenvalue weighted by Gasteiger charge is -2.32. The third-order valence-corrected chi connectivity index (χ3v) is 5.03. The van der Waals surface area contributed by atoms with Gasteiger partial charge in [0.25, 0.3) is 11.8 Å². The SMILES string of the molecule is COc1cc(N)c(Cl)cc1C(=O)NC1CCN(C(=O)c2ccccc2)CC1. The van der Waals surface area contributed by atoms with Crippen molar-refractivity contribution >= 4 is 29.1 Å². The summed E-state index contributed by atoms with van der Waals surface area (Å²) in [5.41, 5.74) is 7.15. The molecule has 0 saturated carbocycles. The Labute approximate surface area is 163 Å². The molecule has 2 aromatic carbocycles. The highest BCUT2D eigenvalue weighted by Crippen LogP contribution is 2.29. The largest absolute Gasteiger partial charge is 0.496 e.